The number of phenolic OH excluding ortho intramolecular Hbond substituents is 2. The molecule has 0 bridgehead atoms. The molecule has 0 aliphatic carbocycles. The average molecular weight is 402 g/mol. The quantitative estimate of drug-likeness (QED) is 0.608. The number of hydrogen-bond acceptors (Lipinski definition) is 2. The molecular weight excluding hydrogens is 384 g/mol. The Bertz CT molecular complexity index is 520. The predicted molar refractivity (Wildman–Crippen MR) is 90.6 cm³/mol. The summed E-state index contributed by atoms with van der Waals surface area (Å²) >= 11 is 6.80. The van der Waals surface area contributed by atoms with E-state index in [1.165, 1.54) is 0 Å². The van der Waals surface area contributed by atoms with Crippen molar-refractivity contribution in [2.24, 2.45) is 0 Å². The van der Waals surface area contributed by atoms with E-state index in [9.17, 15) is 0 Å². The second-order valence-electron chi connectivity index (χ2n) is 4.79. The molecule has 0 aliphatic rings. The molecular formula is C16H18Br2O2. The minimum atomic E-state index is 0.332. The molecule has 0 spiro atoms. The molecule has 0 saturated carbocycles. The summed E-state index contributed by atoms with van der Waals surface area (Å²) in [5, 5.41) is 18.2. The molecule has 0 saturated heterocycles. The molecule has 2 aromatic rings. The molecule has 0 unspecified atom stereocenters. The van der Waals surface area contributed by atoms with Crippen LogP contribution in [0.2, 0.25) is 0 Å². The van der Waals surface area contributed by atoms with Gasteiger partial charge in [-0.25, -0.2) is 0 Å². The fraction of sp³-hybridized carbons (Fsp3) is 0.250. The van der Waals surface area contributed by atoms with Gasteiger partial charge in [-0.2, -0.15) is 0 Å². The third-order valence-corrected chi connectivity index (χ3v) is 5.34. The van der Waals surface area contributed by atoms with Crippen molar-refractivity contribution in [1.82, 2.24) is 0 Å². The van der Waals surface area contributed by atoms with E-state index in [4.69, 9.17) is 10.2 Å². The van der Waals surface area contributed by atoms with Gasteiger partial charge in [0.25, 0.3) is 0 Å². The number of rotatable bonds is 0. The number of phenols is 2. The summed E-state index contributed by atoms with van der Waals surface area (Å²) in [7, 11) is 0. The maximum Gasteiger partial charge on any atom is 0.116 e. The third kappa shape index (κ3) is 4.53. The van der Waals surface area contributed by atoms with Crippen molar-refractivity contribution in [1.29, 1.82) is 0 Å². The Hall–Kier alpha value is -1.00. The molecule has 108 valence electrons. The van der Waals surface area contributed by atoms with Crippen molar-refractivity contribution in [3.63, 3.8) is 0 Å². The van der Waals surface area contributed by atoms with Crippen LogP contribution >= 0.6 is 31.9 Å². The predicted octanol–water partition coefficient (Wildman–Crippen LogP) is 5.54. The van der Waals surface area contributed by atoms with E-state index in [1.54, 1.807) is 24.3 Å². The van der Waals surface area contributed by atoms with E-state index >= 15 is 0 Å². The highest BCUT2D eigenvalue weighted by Gasteiger charge is 2.00. The summed E-state index contributed by atoms with van der Waals surface area (Å²) < 4.78 is 2.15. The van der Waals surface area contributed by atoms with Gasteiger partial charge in [0.2, 0.25) is 0 Å². The van der Waals surface area contributed by atoms with Crippen LogP contribution < -0.4 is 0 Å². The van der Waals surface area contributed by atoms with Crippen LogP contribution in [0.25, 0.3) is 0 Å². The highest BCUT2D eigenvalue weighted by Crippen LogP contribution is 2.25. The Morgan fingerprint density at radius 3 is 1.00 bits per heavy atom. The Kier molecular flexibility index (Phi) is 6.08. The number of aromatic hydroxyl groups is 2. The molecule has 0 aromatic heterocycles. The fourth-order valence-electron chi connectivity index (χ4n) is 1.85. The van der Waals surface area contributed by atoms with Gasteiger partial charge in [0.1, 0.15) is 11.5 Å². The second kappa shape index (κ2) is 7.14. The van der Waals surface area contributed by atoms with E-state index in [0.29, 0.717) is 11.5 Å². The lowest BCUT2D eigenvalue weighted by atomic mass is 10.1. The van der Waals surface area contributed by atoms with E-state index in [0.717, 1.165) is 31.2 Å². The second-order valence-corrected chi connectivity index (χ2v) is 6.37. The fourth-order valence-corrected chi connectivity index (χ4v) is 2.30. The first-order valence-electron chi connectivity index (χ1n) is 6.13. The minimum Gasteiger partial charge on any atom is -0.508 e. The lowest BCUT2D eigenvalue weighted by Gasteiger charge is -2.02. The van der Waals surface area contributed by atoms with Crippen molar-refractivity contribution in [3.05, 3.63) is 55.5 Å². The lowest BCUT2D eigenvalue weighted by molar-refractivity contribution is 0.473. The Balaban J connectivity index is 0.000000200. The van der Waals surface area contributed by atoms with Crippen LogP contribution in [0.3, 0.4) is 0 Å². The summed E-state index contributed by atoms with van der Waals surface area (Å²) in [4.78, 5) is 0. The zero-order valence-electron chi connectivity index (χ0n) is 12.0. The summed E-state index contributed by atoms with van der Waals surface area (Å²) in [5.41, 5.74) is 4.27. The number of aryl methyl sites for hydroxylation is 4. The highest BCUT2D eigenvalue weighted by molar-refractivity contribution is 9.10. The van der Waals surface area contributed by atoms with Crippen molar-refractivity contribution in [3.8, 4) is 11.5 Å². The molecule has 4 heteroatoms. The van der Waals surface area contributed by atoms with Gasteiger partial charge >= 0.3 is 0 Å². The van der Waals surface area contributed by atoms with Crippen molar-refractivity contribution in [2.75, 3.05) is 0 Å². The van der Waals surface area contributed by atoms with E-state index < -0.39 is 0 Å². The molecule has 0 atom stereocenters. The lowest BCUT2D eigenvalue weighted by Crippen LogP contribution is -1.79. The normalized spacial score (nSPS) is 9.90. The molecule has 0 aliphatic heterocycles. The summed E-state index contributed by atoms with van der Waals surface area (Å²) in [6.07, 6.45) is 0. The van der Waals surface area contributed by atoms with Crippen LogP contribution in [0.15, 0.2) is 33.2 Å². The van der Waals surface area contributed by atoms with Gasteiger partial charge in [0.15, 0.2) is 0 Å². The average Bonchev–Trinajstić information content (AvgIpc) is 2.33. The van der Waals surface area contributed by atoms with Crippen LogP contribution in [0.5, 0.6) is 11.5 Å². The van der Waals surface area contributed by atoms with E-state index in [2.05, 4.69) is 31.9 Å². The number of benzene rings is 2. The number of halogens is 2. The molecule has 0 heterocycles. The maximum absolute atomic E-state index is 9.10. The highest BCUT2D eigenvalue weighted by atomic mass is 79.9. The van der Waals surface area contributed by atoms with Gasteiger partial charge in [-0.05, 0) is 74.2 Å². The van der Waals surface area contributed by atoms with E-state index in [-0.39, 0.29) is 0 Å². The smallest absolute Gasteiger partial charge is 0.116 e. The van der Waals surface area contributed by atoms with Crippen LogP contribution in [-0.4, -0.2) is 10.2 Å². The summed E-state index contributed by atoms with van der Waals surface area (Å²) in [6.45, 7) is 7.82. The van der Waals surface area contributed by atoms with E-state index in [1.807, 2.05) is 27.7 Å². The van der Waals surface area contributed by atoms with Gasteiger partial charge < -0.3 is 10.2 Å². The standard InChI is InChI=1S/2C8H9BrO/c2*1-5-3-7(10)4-6(2)8(5)9/h2*3-4,10H,1-2H3. The SMILES string of the molecule is Cc1cc(O)cc(C)c1Br.Cc1cc(O)cc(C)c1Br. The van der Waals surface area contributed by atoms with Gasteiger partial charge in [-0.15, -0.1) is 0 Å². The zero-order valence-corrected chi connectivity index (χ0v) is 15.1. The molecule has 0 fully saturated rings. The van der Waals surface area contributed by atoms with Crippen molar-refractivity contribution in [2.45, 2.75) is 27.7 Å². The molecule has 0 amide bonds. The van der Waals surface area contributed by atoms with Crippen LogP contribution in [0.1, 0.15) is 22.3 Å². The maximum atomic E-state index is 9.10. The monoisotopic (exact) mass is 400 g/mol. The topological polar surface area (TPSA) is 40.5 Å². The first kappa shape index (κ1) is 17.1. The molecule has 2 N–H and O–H groups in total. The minimum absolute atomic E-state index is 0.332. The van der Waals surface area contributed by atoms with Gasteiger partial charge in [0, 0.05) is 8.95 Å². The first-order valence-corrected chi connectivity index (χ1v) is 7.72. The number of hydrogen-bond donors (Lipinski definition) is 2. The largest absolute Gasteiger partial charge is 0.508 e. The van der Waals surface area contributed by atoms with Crippen molar-refractivity contribution < 1.29 is 10.2 Å². The van der Waals surface area contributed by atoms with Crippen LogP contribution in [0, 0.1) is 27.7 Å². The third-order valence-electron chi connectivity index (χ3n) is 2.84. The van der Waals surface area contributed by atoms with Gasteiger partial charge in [-0.1, -0.05) is 31.9 Å². The summed E-state index contributed by atoms with van der Waals surface area (Å²) in [5.74, 6) is 0.663. The first-order chi connectivity index (χ1) is 9.22. The van der Waals surface area contributed by atoms with Crippen molar-refractivity contribution >= 4 is 31.9 Å². The van der Waals surface area contributed by atoms with Gasteiger partial charge in [0.05, 0.1) is 0 Å². The molecule has 20 heavy (non-hydrogen) atoms. The molecule has 2 rings (SSSR count). The van der Waals surface area contributed by atoms with Crippen LogP contribution in [0.4, 0.5) is 0 Å². The molecule has 0 radical (unpaired) electrons. The Morgan fingerprint density at radius 2 is 0.800 bits per heavy atom. The Morgan fingerprint density at radius 1 is 0.600 bits per heavy atom. The Labute approximate surface area is 136 Å². The van der Waals surface area contributed by atoms with Crippen LogP contribution in [-0.2, 0) is 0 Å². The zero-order chi connectivity index (χ0) is 15.4. The molecule has 2 nitrogen and oxygen atoms in total. The molecule has 2 aromatic carbocycles. The summed E-state index contributed by atoms with van der Waals surface area (Å²) in [6, 6.07) is 6.93. The van der Waals surface area contributed by atoms with Gasteiger partial charge in [-0.3, -0.25) is 0 Å².